The monoisotopic (exact) mass is 355 g/mol. The summed E-state index contributed by atoms with van der Waals surface area (Å²) in [6, 6.07) is 0.625. The van der Waals surface area contributed by atoms with Crippen LogP contribution in [0.5, 0.6) is 0 Å². The molecule has 1 aliphatic rings. The van der Waals surface area contributed by atoms with Gasteiger partial charge in [-0.1, -0.05) is 11.6 Å². The van der Waals surface area contributed by atoms with Gasteiger partial charge >= 0.3 is 17.7 Å². The van der Waals surface area contributed by atoms with Crippen molar-refractivity contribution in [1.29, 1.82) is 0 Å². The molecule has 3 unspecified atom stereocenters. The Kier molecular flexibility index (Phi) is 5.14. The van der Waals surface area contributed by atoms with E-state index in [1.54, 1.807) is 0 Å². The Labute approximate surface area is 132 Å². The van der Waals surface area contributed by atoms with Crippen molar-refractivity contribution in [3.8, 4) is 0 Å². The average Bonchev–Trinajstić information content (AvgIpc) is 2.70. The molecule has 0 bridgehead atoms. The number of hydrogen-bond acceptors (Lipinski definition) is 7. The Hall–Kier alpha value is -1.82. The van der Waals surface area contributed by atoms with Crippen molar-refractivity contribution < 1.29 is 33.3 Å². The summed E-state index contributed by atoms with van der Waals surface area (Å²) in [5, 5.41) is 20.4. The number of alkyl halides is 3. The van der Waals surface area contributed by atoms with Crippen molar-refractivity contribution in [2.75, 3.05) is 18.0 Å². The normalized spacial score (nSPS) is 26.0. The highest BCUT2D eigenvalue weighted by Gasteiger charge is 2.59. The van der Waals surface area contributed by atoms with E-state index in [9.17, 15) is 23.5 Å². The fourth-order valence-corrected chi connectivity index (χ4v) is 2.07. The third kappa shape index (κ3) is 3.42. The SMILES string of the molecule is O=C(Nc1ccn(C2OC(CO)C(O)C2(F)F)c(=O)n1)OCCl. The summed E-state index contributed by atoms with van der Waals surface area (Å²) in [5.41, 5.74) is -1.16. The first-order valence-corrected chi connectivity index (χ1v) is 6.75. The van der Waals surface area contributed by atoms with Crippen molar-refractivity contribution in [3.63, 3.8) is 0 Å². The van der Waals surface area contributed by atoms with Gasteiger partial charge in [0.1, 0.15) is 11.9 Å². The number of aromatic nitrogens is 2. The molecule has 1 fully saturated rings. The van der Waals surface area contributed by atoms with Crippen molar-refractivity contribution in [1.82, 2.24) is 9.55 Å². The molecule has 12 heteroatoms. The van der Waals surface area contributed by atoms with Crippen molar-refractivity contribution >= 4 is 23.5 Å². The fraction of sp³-hybridized carbons (Fsp3) is 0.545. The zero-order valence-electron chi connectivity index (χ0n) is 11.4. The number of aliphatic hydroxyl groups is 2. The van der Waals surface area contributed by atoms with Crippen LogP contribution in [-0.2, 0) is 9.47 Å². The van der Waals surface area contributed by atoms with Gasteiger partial charge in [-0.25, -0.2) is 9.59 Å². The van der Waals surface area contributed by atoms with Gasteiger partial charge in [-0.05, 0) is 6.07 Å². The van der Waals surface area contributed by atoms with E-state index in [-0.39, 0.29) is 5.82 Å². The predicted molar refractivity (Wildman–Crippen MR) is 71.3 cm³/mol. The van der Waals surface area contributed by atoms with E-state index < -0.39 is 48.8 Å². The van der Waals surface area contributed by atoms with Gasteiger partial charge in [-0.15, -0.1) is 0 Å². The van der Waals surface area contributed by atoms with E-state index in [4.69, 9.17) is 21.4 Å². The highest BCUT2D eigenvalue weighted by atomic mass is 35.5. The number of nitrogens with one attached hydrogen (secondary N) is 1. The van der Waals surface area contributed by atoms with Gasteiger partial charge in [0.2, 0.25) is 6.23 Å². The molecule has 0 radical (unpaired) electrons. The zero-order valence-corrected chi connectivity index (χ0v) is 12.1. The Morgan fingerprint density at radius 1 is 1.61 bits per heavy atom. The summed E-state index contributed by atoms with van der Waals surface area (Å²) < 4.78 is 37.5. The minimum atomic E-state index is -3.81. The standard InChI is InChI=1S/C11H12ClF2N3O6/c12-4-22-10(21)16-6-1-2-17(9(20)15-6)8-11(13,14)7(19)5(3-18)23-8/h1-2,5,7-8,18-19H,3-4H2,(H,15,16,20,21). The first kappa shape index (κ1) is 17.5. The Morgan fingerprint density at radius 2 is 2.30 bits per heavy atom. The molecule has 1 aromatic heterocycles. The van der Waals surface area contributed by atoms with E-state index in [1.807, 2.05) is 0 Å². The smallest absolute Gasteiger partial charge is 0.414 e. The lowest BCUT2D eigenvalue weighted by Gasteiger charge is -2.21. The van der Waals surface area contributed by atoms with Gasteiger partial charge in [-0.2, -0.15) is 13.8 Å². The largest absolute Gasteiger partial charge is 0.433 e. The molecular formula is C11H12ClF2N3O6. The third-order valence-electron chi connectivity index (χ3n) is 3.06. The van der Waals surface area contributed by atoms with Crippen molar-refractivity contribution in [2.45, 2.75) is 24.4 Å². The molecule has 0 aliphatic carbocycles. The highest BCUT2D eigenvalue weighted by molar-refractivity contribution is 6.17. The number of anilines is 1. The molecule has 1 aliphatic heterocycles. The molecule has 1 aromatic rings. The number of rotatable bonds is 4. The van der Waals surface area contributed by atoms with E-state index >= 15 is 0 Å². The van der Waals surface area contributed by atoms with Gasteiger partial charge in [0.05, 0.1) is 6.61 Å². The van der Waals surface area contributed by atoms with Gasteiger partial charge in [0, 0.05) is 6.20 Å². The summed E-state index contributed by atoms with van der Waals surface area (Å²) in [7, 11) is 0. The van der Waals surface area contributed by atoms with Crippen LogP contribution in [0.1, 0.15) is 6.23 Å². The van der Waals surface area contributed by atoms with E-state index in [0.717, 1.165) is 12.3 Å². The van der Waals surface area contributed by atoms with Crippen LogP contribution < -0.4 is 11.0 Å². The number of halogens is 3. The third-order valence-corrected chi connectivity index (χ3v) is 3.17. The second-order valence-electron chi connectivity index (χ2n) is 4.50. The fourth-order valence-electron chi connectivity index (χ4n) is 1.97. The Bertz CT molecular complexity index is 642. The first-order chi connectivity index (χ1) is 10.8. The number of ether oxygens (including phenoxy) is 2. The molecule has 3 atom stereocenters. The topological polar surface area (TPSA) is 123 Å². The number of carbonyl (C=O) groups excluding carboxylic acids is 1. The molecule has 9 nitrogen and oxygen atoms in total. The highest BCUT2D eigenvalue weighted by Crippen LogP contribution is 2.41. The van der Waals surface area contributed by atoms with Crippen molar-refractivity contribution in [2.24, 2.45) is 0 Å². The molecule has 1 amide bonds. The first-order valence-electron chi connectivity index (χ1n) is 6.22. The van der Waals surface area contributed by atoms with E-state index in [2.05, 4.69) is 15.0 Å². The maximum Gasteiger partial charge on any atom is 0.414 e. The van der Waals surface area contributed by atoms with Gasteiger partial charge in [-0.3, -0.25) is 9.88 Å². The van der Waals surface area contributed by atoms with Gasteiger partial charge in [0.15, 0.2) is 12.2 Å². The maximum absolute atomic E-state index is 13.9. The molecule has 3 N–H and O–H groups in total. The van der Waals surface area contributed by atoms with Crippen LogP contribution in [0.2, 0.25) is 0 Å². The second-order valence-corrected chi connectivity index (χ2v) is 4.72. The lowest BCUT2D eigenvalue weighted by atomic mass is 10.1. The lowest BCUT2D eigenvalue weighted by molar-refractivity contribution is -0.140. The van der Waals surface area contributed by atoms with Crippen LogP contribution in [0.15, 0.2) is 17.1 Å². The van der Waals surface area contributed by atoms with Crippen LogP contribution in [0.4, 0.5) is 19.4 Å². The Morgan fingerprint density at radius 3 is 2.83 bits per heavy atom. The van der Waals surface area contributed by atoms with Gasteiger partial charge < -0.3 is 19.7 Å². The quantitative estimate of drug-likeness (QED) is 0.643. The minimum absolute atomic E-state index is 0.248. The van der Waals surface area contributed by atoms with Crippen LogP contribution in [0.25, 0.3) is 0 Å². The average molecular weight is 356 g/mol. The predicted octanol–water partition coefficient (Wildman–Crippen LogP) is -0.126. The molecule has 2 heterocycles. The summed E-state index contributed by atoms with van der Waals surface area (Å²) in [6.45, 7) is -0.848. The minimum Gasteiger partial charge on any atom is -0.433 e. The van der Waals surface area contributed by atoms with Crippen molar-refractivity contribution in [3.05, 3.63) is 22.7 Å². The molecular weight excluding hydrogens is 344 g/mol. The lowest BCUT2D eigenvalue weighted by Crippen LogP contribution is -2.41. The van der Waals surface area contributed by atoms with Crippen LogP contribution in [0, 0.1) is 0 Å². The number of aliphatic hydroxyl groups excluding tert-OH is 2. The molecule has 1 saturated heterocycles. The molecule has 0 aromatic carbocycles. The van der Waals surface area contributed by atoms with Crippen LogP contribution in [0.3, 0.4) is 0 Å². The molecule has 128 valence electrons. The second kappa shape index (κ2) is 6.74. The molecule has 23 heavy (non-hydrogen) atoms. The van der Waals surface area contributed by atoms with E-state index in [1.165, 1.54) is 0 Å². The summed E-state index contributed by atoms with van der Waals surface area (Å²) in [4.78, 5) is 26.3. The van der Waals surface area contributed by atoms with Crippen LogP contribution >= 0.6 is 11.6 Å². The molecule has 2 rings (SSSR count). The number of amides is 1. The summed E-state index contributed by atoms with van der Waals surface area (Å²) in [6.07, 6.45) is -6.04. The Balaban J connectivity index is 2.24. The summed E-state index contributed by atoms with van der Waals surface area (Å²) in [5.74, 6) is -4.06. The summed E-state index contributed by atoms with van der Waals surface area (Å²) >= 11 is 5.16. The maximum atomic E-state index is 13.9. The van der Waals surface area contributed by atoms with Crippen LogP contribution in [-0.4, -0.2) is 56.7 Å². The molecule has 0 saturated carbocycles. The molecule has 0 spiro atoms. The number of hydrogen-bond donors (Lipinski definition) is 3. The van der Waals surface area contributed by atoms with E-state index in [0.29, 0.717) is 4.57 Å². The zero-order chi connectivity index (χ0) is 17.2. The van der Waals surface area contributed by atoms with Gasteiger partial charge in [0.25, 0.3) is 0 Å². The number of carbonyl (C=O) groups is 1. The number of nitrogens with zero attached hydrogens (tertiary/aromatic N) is 2.